The summed E-state index contributed by atoms with van der Waals surface area (Å²) in [7, 11) is 2.01. The third-order valence-corrected chi connectivity index (χ3v) is 6.72. The number of benzene rings is 3. The number of aryl methyl sites for hydroxylation is 3. The van der Waals surface area contributed by atoms with Crippen molar-refractivity contribution in [2.75, 3.05) is 0 Å². The van der Waals surface area contributed by atoms with Crippen LogP contribution in [0.2, 0.25) is 0 Å². The molecule has 5 aromatic rings. The molecule has 0 bridgehead atoms. The maximum absolute atomic E-state index is 8.74. The molecule has 0 unspecified atom stereocenters. The first-order chi connectivity index (χ1) is 17.5. The number of pyridine rings is 1. The van der Waals surface area contributed by atoms with Gasteiger partial charge in [0.15, 0.2) is 11.4 Å². The lowest BCUT2D eigenvalue weighted by molar-refractivity contribution is -0.666. The predicted octanol–water partition coefficient (Wildman–Crippen LogP) is 8.42. The van der Waals surface area contributed by atoms with Crippen LogP contribution < -0.4 is 4.57 Å². The molecule has 0 atom stereocenters. The van der Waals surface area contributed by atoms with Gasteiger partial charge in [0.2, 0.25) is 5.69 Å². The van der Waals surface area contributed by atoms with Crippen LogP contribution in [0.3, 0.4) is 0 Å². The third kappa shape index (κ3) is 3.90. The molecule has 0 aliphatic rings. The molecule has 0 spiro atoms. The largest absolute Gasteiger partial charge is 0.456 e. The maximum Gasteiger partial charge on any atom is 0.216 e. The van der Waals surface area contributed by atoms with Crippen molar-refractivity contribution in [3.63, 3.8) is 0 Å². The lowest BCUT2D eigenvalue weighted by atomic mass is 9.96. The van der Waals surface area contributed by atoms with Crippen LogP contribution in [0.4, 0.5) is 5.69 Å². The number of furan rings is 1. The van der Waals surface area contributed by atoms with Crippen LogP contribution in [0.25, 0.3) is 49.2 Å². The first-order valence-corrected chi connectivity index (χ1v) is 12.0. The van der Waals surface area contributed by atoms with Crippen LogP contribution in [-0.4, -0.2) is 0 Å². The Hall–Kier alpha value is -3.90. The molecule has 5 rings (SSSR count). The van der Waals surface area contributed by atoms with Gasteiger partial charge < -0.3 is 4.42 Å². The van der Waals surface area contributed by atoms with Gasteiger partial charge in [0.25, 0.3) is 0 Å². The average molecular weight is 462 g/mol. The van der Waals surface area contributed by atoms with Crippen LogP contribution >= 0.6 is 0 Å². The van der Waals surface area contributed by atoms with E-state index in [0.717, 1.165) is 55.6 Å². The van der Waals surface area contributed by atoms with Crippen molar-refractivity contribution >= 4 is 27.6 Å². The topological polar surface area (TPSA) is 21.4 Å². The minimum absolute atomic E-state index is 0.167. The van der Waals surface area contributed by atoms with Gasteiger partial charge in [0, 0.05) is 38.1 Å². The summed E-state index contributed by atoms with van der Waals surface area (Å²) in [4.78, 5) is 3.81. The Morgan fingerprint density at radius 2 is 1.57 bits per heavy atom. The zero-order valence-corrected chi connectivity index (χ0v) is 21.2. The predicted molar refractivity (Wildman–Crippen MR) is 145 cm³/mol. The second-order valence-electron chi connectivity index (χ2n) is 9.68. The highest BCUT2D eigenvalue weighted by atomic mass is 16.3. The number of nitrogens with zero attached hydrogens (tertiary/aromatic N) is 2. The summed E-state index contributed by atoms with van der Waals surface area (Å²) >= 11 is 0. The molecule has 2 heterocycles. The van der Waals surface area contributed by atoms with E-state index in [9.17, 15) is 0 Å². The van der Waals surface area contributed by atoms with Gasteiger partial charge in [0.1, 0.15) is 18.2 Å². The molecule has 3 aromatic carbocycles. The molecule has 0 amide bonds. The Balaban J connectivity index is 1.87. The highest BCUT2D eigenvalue weighted by molar-refractivity contribution is 6.15. The number of rotatable bonds is 4. The molecule has 0 fully saturated rings. The molecule has 3 nitrogen and oxygen atoms in total. The van der Waals surface area contributed by atoms with Crippen LogP contribution in [0.5, 0.6) is 0 Å². The summed E-state index contributed by atoms with van der Waals surface area (Å²) in [5, 5.41) is 1.95. The normalized spacial score (nSPS) is 12.7. The first kappa shape index (κ1) is 20.5. The molecule has 0 N–H and O–H groups in total. The molecule has 0 aliphatic carbocycles. The van der Waals surface area contributed by atoms with Crippen molar-refractivity contribution in [3.05, 3.63) is 94.5 Å². The Morgan fingerprint density at radius 1 is 0.914 bits per heavy atom. The fourth-order valence-electron chi connectivity index (χ4n) is 4.86. The molecular formula is C32H31N2O+. The van der Waals surface area contributed by atoms with Crippen molar-refractivity contribution < 1.29 is 11.7 Å². The van der Waals surface area contributed by atoms with Gasteiger partial charge in [-0.05, 0) is 42.8 Å². The van der Waals surface area contributed by atoms with E-state index in [-0.39, 0.29) is 5.92 Å². The van der Waals surface area contributed by atoms with E-state index < -0.39 is 6.37 Å². The SMILES string of the molecule is [2H]C([2H])(c1cc(C)[n+](C)c(-c2c(C)ccc3c2oc2c(-c4ccc(C)cc4)c([N+]#[C-])ccc23)c1)C(C)C. The van der Waals surface area contributed by atoms with E-state index >= 15 is 0 Å². The second kappa shape index (κ2) is 8.71. The van der Waals surface area contributed by atoms with Crippen molar-refractivity contribution in [1.82, 2.24) is 0 Å². The van der Waals surface area contributed by atoms with E-state index in [1.807, 2.05) is 71.1 Å². The van der Waals surface area contributed by atoms with Crippen molar-refractivity contribution in [2.24, 2.45) is 13.0 Å². The van der Waals surface area contributed by atoms with Gasteiger partial charge in [-0.2, -0.15) is 4.57 Å². The van der Waals surface area contributed by atoms with Gasteiger partial charge >= 0.3 is 0 Å². The lowest BCUT2D eigenvalue weighted by Gasteiger charge is -2.11. The number of fused-ring (bicyclic) bond motifs is 3. The van der Waals surface area contributed by atoms with Crippen molar-refractivity contribution in [2.45, 2.75) is 41.0 Å². The van der Waals surface area contributed by atoms with E-state index in [1.165, 1.54) is 0 Å². The van der Waals surface area contributed by atoms with Crippen molar-refractivity contribution in [3.8, 4) is 22.4 Å². The van der Waals surface area contributed by atoms with E-state index in [1.54, 1.807) is 0 Å². The van der Waals surface area contributed by atoms with Crippen LogP contribution in [-0.2, 0) is 13.4 Å². The Labute approximate surface area is 210 Å². The average Bonchev–Trinajstić information content (AvgIpc) is 3.24. The van der Waals surface area contributed by atoms with Gasteiger partial charge in [0.05, 0.1) is 12.1 Å². The third-order valence-electron chi connectivity index (χ3n) is 6.72. The zero-order valence-electron chi connectivity index (χ0n) is 23.2. The highest BCUT2D eigenvalue weighted by Crippen LogP contribution is 2.44. The van der Waals surface area contributed by atoms with E-state index in [4.69, 9.17) is 13.7 Å². The van der Waals surface area contributed by atoms with Gasteiger partial charge in [-0.25, -0.2) is 4.85 Å². The summed E-state index contributed by atoms with van der Waals surface area (Å²) in [6.45, 7) is 17.8. The first-order valence-electron chi connectivity index (χ1n) is 13.0. The molecule has 3 heteroatoms. The summed E-state index contributed by atoms with van der Waals surface area (Å²) in [5.41, 5.74) is 9.46. The fourth-order valence-corrected chi connectivity index (χ4v) is 4.86. The Bertz CT molecular complexity index is 1720. The standard InChI is InChI=1S/C32H31N2O/c1-19(2)16-23-17-22(5)34(7)28(18-23)29-21(4)10-13-25-26-14-15-27(33-6)30(32(26)35-31(25)29)24-11-8-20(3)9-12-24/h8-15,17-19H,16H2,1-5,7H3/q+1/i16D2. The van der Waals surface area contributed by atoms with E-state index in [0.29, 0.717) is 16.8 Å². The number of hydrogen-bond donors (Lipinski definition) is 0. The molecule has 0 aliphatic heterocycles. The highest BCUT2D eigenvalue weighted by Gasteiger charge is 2.24. The number of aromatic nitrogens is 1. The molecule has 0 saturated carbocycles. The minimum Gasteiger partial charge on any atom is -0.456 e. The van der Waals surface area contributed by atoms with Gasteiger partial charge in [-0.1, -0.05) is 67.9 Å². The Morgan fingerprint density at radius 3 is 2.23 bits per heavy atom. The molecule has 174 valence electrons. The quantitative estimate of drug-likeness (QED) is 0.194. The van der Waals surface area contributed by atoms with Crippen LogP contribution in [0.15, 0.2) is 65.1 Å². The van der Waals surface area contributed by atoms with Crippen LogP contribution in [0.1, 0.15) is 39.0 Å². The Kier molecular flexibility index (Phi) is 5.09. The van der Waals surface area contributed by atoms with Gasteiger partial charge in [-0.15, -0.1) is 0 Å². The molecule has 2 aromatic heterocycles. The summed E-state index contributed by atoms with van der Waals surface area (Å²) in [6.07, 6.45) is -1.47. The minimum atomic E-state index is -1.47. The fraction of sp³-hybridized carbons (Fsp3) is 0.250. The molecule has 0 radical (unpaired) electrons. The lowest BCUT2D eigenvalue weighted by Crippen LogP contribution is -2.35. The second-order valence-corrected chi connectivity index (χ2v) is 9.68. The smallest absolute Gasteiger partial charge is 0.216 e. The monoisotopic (exact) mass is 461 g/mol. The van der Waals surface area contributed by atoms with Gasteiger partial charge in [-0.3, -0.25) is 0 Å². The zero-order chi connectivity index (χ0) is 26.6. The van der Waals surface area contributed by atoms with Crippen molar-refractivity contribution in [1.29, 1.82) is 0 Å². The molecule has 35 heavy (non-hydrogen) atoms. The van der Waals surface area contributed by atoms with Crippen LogP contribution in [0, 0.1) is 33.3 Å². The van der Waals surface area contributed by atoms with E-state index in [2.05, 4.69) is 40.6 Å². The molecular weight excluding hydrogens is 428 g/mol. The summed E-state index contributed by atoms with van der Waals surface area (Å²) < 4.78 is 26.3. The molecule has 0 saturated heterocycles. The number of hydrogen-bond acceptors (Lipinski definition) is 1. The summed E-state index contributed by atoms with van der Waals surface area (Å²) in [6, 6.07) is 20.1. The maximum atomic E-state index is 8.74. The summed E-state index contributed by atoms with van der Waals surface area (Å²) in [5.74, 6) is -0.167.